The van der Waals surface area contributed by atoms with Crippen molar-refractivity contribution in [3.05, 3.63) is 72.3 Å². The molecule has 0 bridgehead atoms. The Balaban J connectivity index is 1.36. The first-order valence-corrected chi connectivity index (χ1v) is 11.8. The van der Waals surface area contributed by atoms with Gasteiger partial charge in [-0.15, -0.1) is 0 Å². The van der Waals surface area contributed by atoms with E-state index in [1.54, 1.807) is 0 Å². The maximum atomic E-state index is 12.9. The fraction of sp³-hybridized carbons (Fsp3) is 0.393. The molecule has 1 aliphatic heterocycles. The van der Waals surface area contributed by atoms with Gasteiger partial charge in [0.25, 0.3) is 5.91 Å². The van der Waals surface area contributed by atoms with Crippen LogP contribution in [0.15, 0.2) is 66.7 Å². The zero-order chi connectivity index (χ0) is 22.5. The number of amides is 1. The first kappa shape index (κ1) is 22.2. The van der Waals surface area contributed by atoms with Gasteiger partial charge in [-0.3, -0.25) is 4.79 Å². The second kappa shape index (κ2) is 10.1. The van der Waals surface area contributed by atoms with E-state index >= 15 is 0 Å². The summed E-state index contributed by atoms with van der Waals surface area (Å²) < 4.78 is 6.06. The van der Waals surface area contributed by atoms with E-state index in [0.717, 1.165) is 41.1 Å². The number of piperidine rings is 1. The summed E-state index contributed by atoms with van der Waals surface area (Å²) in [6.45, 7) is 8.58. The van der Waals surface area contributed by atoms with E-state index in [1.807, 2.05) is 44.2 Å². The molecule has 0 radical (unpaired) electrons. The van der Waals surface area contributed by atoms with Crippen LogP contribution in [-0.4, -0.2) is 25.1 Å². The zero-order valence-electron chi connectivity index (χ0n) is 19.4. The van der Waals surface area contributed by atoms with E-state index in [-0.39, 0.29) is 11.9 Å². The molecule has 0 spiro atoms. The molecular weight excluding hydrogens is 396 g/mol. The third kappa shape index (κ3) is 5.24. The topological polar surface area (TPSA) is 41.6 Å². The minimum absolute atomic E-state index is 0.0767. The highest BCUT2D eigenvalue weighted by atomic mass is 16.5. The monoisotopic (exact) mass is 430 g/mol. The minimum Gasteiger partial charge on any atom is -0.481 e. The number of carbonyl (C=O) groups is 1. The van der Waals surface area contributed by atoms with Crippen molar-refractivity contribution < 1.29 is 9.53 Å². The number of hydrogen-bond donors (Lipinski definition) is 1. The molecule has 1 heterocycles. The Morgan fingerprint density at radius 2 is 1.72 bits per heavy atom. The van der Waals surface area contributed by atoms with Crippen molar-refractivity contribution in [2.45, 2.75) is 52.2 Å². The Kier molecular flexibility index (Phi) is 6.99. The lowest BCUT2D eigenvalue weighted by Gasteiger charge is -2.32. The molecule has 3 aromatic carbocycles. The average molecular weight is 431 g/mol. The summed E-state index contributed by atoms with van der Waals surface area (Å²) in [4.78, 5) is 15.4. The van der Waals surface area contributed by atoms with Crippen LogP contribution in [-0.2, 0) is 4.79 Å². The summed E-state index contributed by atoms with van der Waals surface area (Å²) in [5.74, 6) is 1.46. The van der Waals surface area contributed by atoms with Crippen molar-refractivity contribution in [1.82, 2.24) is 5.32 Å². The summed E-state index contributed by atoms with van der Waals surface area (Å²) >= 11 is 0. The van der Waals surface area contributed by atoms with E-state index in [9.17, 15) is 4.79 Å². The van der Waals surface area contributed by atoms with Crippen molar-refractivity contribution >= 4 is 22.4 Å². The fourth-order valence-corrected chi connectivity index (χ4v) is 4.36. The molecule has 4 heteroatoms. The highest BCUT2D eigenvalue weighted by Gasteiger charge is 2.21. The Morgan fingerprint density at radius 1 is 1.03 bits per heavy atom. The van der Waals surface area contributed by atoms with Crippen molar-refractivity contribution in [3.8, 4) is 5.75 Å². The van der Waals surface area contributed by atoms with Crippen LogP contribution < -0.4 is 15.0 Å². The molecule has 2 atom stereocenters. The predicted molar refractivity (Wildman–Crippen MR) is 132 cm³/mol. The van der Waals surface area contributed by atoms with Crippen molar-refractivity contribution in [3.63, 3.8) is 0 Å². The lowest BCUT2D eigenvalue weighted by Crippen LogP contribution is -2.39. The lowest BCUT2D eigenvalue weighted by atomic mass is 9.98. The molecule has 1 saturated heterocycles. The molecule has 2 unspecified atom stereocenters. The number of nitrogens with zero attached hydrogens (tertiary/aromatic N) is 1. The average Bonchev–Trinajstić information content (AvgIpc) is 2.83. The third-order valence-corrected chi connectivity index (χ3v) is 6.56. The second-order valence-corrected chi connectivity index (χ2v) is 9.02. The molecule has 0 aromatic heterocycles. The molecule has 1 amide bonds. The molecule has 32 heavy (non-hydrogen) atoms. The largest absolute Gasteiger partial charge is 0.481 e. The Morgan fingerprint density at radius 3 is 2.41 bits per heavy atom. The lowest BCUT2D eigenvalue weighted by molar-refractivity contribution is -0.128. The Bertz CT molecular complexity index is 1040. The van der Waals surface area contributed by atoms with E-state index in [4.69, 9.17) is 4.74 Å². The standard InChI is InChI=1S/C28H34N2O2/c1-4-27(32-26-14-11-23-7-5-6-8-24(23)19-26)28(31)29-21(3)22-9-12-25(13-10-22)30-17-15-20(2)16-18-30/h5-14,19-21,27H,4,15-18H2,1-3H3,(H,29,31). The third-order valence-electron chi connectivity index (χ3n) is 6.56. The van der Waals surface area contributed by atoms with Crippen molar-refractivity contribution in [2.75, 3.05) is 18.0 Å². The first-order valence-electron chi connectivity index (χ1n) is 11.8. The maximum Gasteiger partial charge on any atom is 0.261 e. The van der Waals surface area contributed by atoms with Crippen LogP contribution >= 0.6 is 0 Å². The van der Waals surface area contributed by atoms with Gasteiger partial charge in [0.1, 0.15) is 5.75 Å². The molecule has 4 nitrogen and oxygen atoms in total. The minimum atomic E-state index is -0.520. The molecule has 168 valence electrons. The van der Waals surface area contributed by atoms with Crippen molar-refractivity contribution in [1.29, 1.82) is 0 Å². The quantitative estimate of drug-likeness (QED) is 0.492. The van der Waals surface area contributed by atoms with E-state index in [1.165, 1.54) is 18.5 Å². The van der Waals surface area contributed by atoms with E-state index in [2.05, 4.69) is 53.5 Å². The van der Waals surface area contributed by atoms with Gasteiger partial charge in [0.15, 0.2) is 6.10 Å². The van der Waals surface area contributed by atoms with Gasteiger partial charge in [0, 0.05) is 18.8 Å². The van der Waals surface area contributed by atoms with E-state index in [0.29, 0.717) is 6.42 Å². The van der Waals surface area contributed by atoms with Crippen LogP contribution in [0.2, 0.25) is 0 Å². The van der Waals surface area contributed by atoms with Gasteiger partial charge < -0.3 is 15.0 Å². The number of anilines is 1. The van der Waals surface area contributed by atoms with Gasteiger partial charge in [-0.1, -0.05) is 56.3 Å². The summed E-state index contributed by atoms with van der Waals surface area (Å²) in [5.41, 5.74) is 2.37. The number of ether oxygens (including phenoxy) is 1. The summed E-state index contributed by atoms with van der Waals surface area (Å²) in [5, 5.41) is 5.40. The summed E-state index contributed by atoms with van der Waals surface area (Å²) in [7, 11) is 0. The molecule has 0 saturated carbocycles. The number of hydrogen-bond acceptors (Lipinski definition) is 3. The summed E-state index contributed by atoms with van der Waals surface area (Å²) in [6, 6.07) is 22.6. The van der Waals surface area contributed by atoms with Gasteiger partial charge >= 0.3 is 0 Å². The molecule has 1 fully saturated rings. The van der Waals surface area contributed by atoms with Gasteiger partial charge in [-0.25, -0.2) is 0 Å². The number of benzene rings is 3. The van der Waals surface area contributed by atoms with Gasteiger partial charge in [-0.2, -0.15) is 0 Å². The van der Waals surface area contributed by atoms with Crippen LogP contribution in [0.3, 0.4) is 0 Å². The van der Waals surface area contributed by atoms with Crippen LogP contribution in [0.1, 0.15) is 51.6 Å². The number of fused-ring (bicyclic) bond motifs is 1. The Hall–Kier alpha value is -3.01. The number of rotatable bonds is 7. The first-order chi connectivity index (χ1) is 15.5. The number of nitrogens with one attached hydrogen (secondary N) is 1. The molecule has 0 aliphatic carbocycles. The summed E-state index contributed by atoms with van der Waals surface area (Å²) in [6.07, 6.45) is 2.60. The van der Waals surface area contributed by atoms with Crippen LogP contribution in [0, 0.1) is 5.92 Å². The Labute approximate surface area is 191 Å². The predicted octanol–water partition coefficient (Wildman–Crippen LogP) is 6.11. The molecule has 1 N–H and O–H groups in total. The molecular formula is C28H34N2O2. The van der Waals surface area contributed by atoms with Gasteiger partial charge in [-0.05, 0) is 72.7 Å². The zero-order valence-corrected chi connectivity index (χ0v) is 19.4. The fourth-order valence-electron chi connectivity index (χ4n) is 4.36. The molecule has 3 aromatic rings. The normalized spacial score (nSPS) is 16.5. The SMILES string of the molecule is CCC(Oc1ccc2ccccc2c1)C(=O)NC(C)c1ccc(N2CCC(C)CC2)cc1. The molecule has 1 aliphatic rings. The maximum absolute atomic E-state index is 12.9. The number of carbonyl (C=O) groups excluding carboxylic acids is 1. The highest BCUT2D eigenvalue weighted by Crippen LogP contribution is 2.25. The van der Waals surface area contributed by atoms with Gasteiger partial charge in [0.2, 0.25) is 0 Å². The highest BCUT2D eigenvalue weighted by molar-refractivity contribution is 5.84. The van der Waals surface area contributed by atoms with Gasteiger partial charge in [0.05, 0.1) is 6.04 Å². The van der Waals surface area contributed by atoms with Crippen molar-refractivity contribution in [2.24, 2.45) is 5.92 Å². The van der Waals surface area contributed by atoms with Crippen LogP contribution in [0.5, 0.6) is 5.75 Å². The van der Waals surface area contributed by atoms with Crippen LogP contribution in [0.25, 0.3) is 10.8 Å². The second-order valence-electron chi connectivity index (χ2n) is 9.02. The smallest absolute Gasteiger partial charge is 0.261 e. The molecule has 4 rings (SSSR count). The van der Waals surface area contributed by atoms with E-state index < -0.39 is 6.10 Å². The van der Waals surface area contributed by atoms with Crippen LogP contribution in [0.4, 0.5) is 5.69 Å².